The molecule has 86 valence electrons. The standard InChI is InChI=1S/C4Br3ClF5I/c5-3(6,7)1(8,14)2(9,10)4(11,12)13. The van der Waals surface area contributed by atoms with Gasteiger partial charge >= 0.3 is 12.1 Å². The van der Waals surface area contributed by atoms with Crippen molar-refractivity contribution < 1.29 is 22.0 Å². The molecule has 0 aromatic heterocycles. The normalized spacial score (nSPS) is 19.3. The molecule has 0 aliphatic carbocycles. The molecule has 1 unspecified atom stereocenters. The minimum absolute atomic E-state index is 0.805. The number of rotatable bonds is 1. The summed E-state index contributed by atoms with van der Waals surface area (Å²) in [6, 6.07) is 0. The number of alkyl halides is 10. The molecule has 0 heterocycles. The van der Waals surface area contributed by atoms with Crippen molar-refractivity contribution in [3.8, 4) is 0 Å². The summed E-state index contributed by atoms with van der Waals surface area (Å²) < 4.78 is 56.7. The average molecular weight is 545 g/mol. The molecule has 0 N–H and O–H groups in total. The van der Waals surface area contributed by atoms with E-state index in [2.05, 4.69) is 47.8 Å². The average Bonchev–Trinajstić information content (AvgIpc) is 1.81. The van der Waals surface area contributed by atoms with Crippen LogP contribution in [0.3, 0.4) is 0 Å². The van der Waals surface area contributed by atoms with E-state index >= 15 is 0 Å². The van der Waals surface area contributed by atoms with Crippen LogP contribution in [0.1, 0.15) is 0 Å². The number of hydrogen-bond donors (Lipinski definition) is 0. The molecule has 1 atom stereocenters. The lowest BCUT2D eigenvalue weighted by Crippen LogP contribution is -2.55. The van der Waals surface area contributed by atoms with Crippen molar-refractivity contribution in [2.75, 3.05) is 0 Å². The third-order valence-electron chi connectivity index (χ3n) is 1.11. The topological polar surface area (TPSA) is 0 Å². The maximum Gasteiger partial charge on any atom is 0.456 e. The second-order valence-electron chi connectivity index (χ2n) is 2.14. The molecule has 0 fully saturated rings. The largest absolute Gasteiger partial charge is 0.456 e. The Morgan fingerprint density at radius 1 is 0.929 bits per heavy atom. The van der Waals surface area contributed by atoms with E-state index in [1.165, 1.54) is 0 Å². The van der Waals surface area contributed by atoms with E-state index in [-0.39, 0.29) is 0 Å². The zero-order chi connectivity index (χ0) is 12.0. The van der Waals surface area contributed by atoms with Crippen molar-refractivity contribution in [3.63, 3.8) is 0 Å². The van der Waals surface area contributed by atoms with Crippen molar-refractivity contribution in [1.82, 2.24) is 0 Å². The highest BCUT2D eigenvalue weighted by Crippen LogP contribution is 2.62. The zero-order valence-electron chi connectivity index (χ0n) is 5.78. The van der Waals surface area contributed by atoms with Crippen LogP contribution in [-0.4, -0.2) is 17.1 Å². The lowest BCUT2D eigenvalue weighted by atomic mass is 10.2. The van der Waals surface area contributed by atoms with Gasteiger partial charge in [-0.05, 0) is 0 Å². The fourth-order valence-corrected chi connectivity index (χ4v) is 1.52. The smallest absolute Gasteiger partial charge is 0.193 e. The molecule has 0 aromatic carbocycles. The molecule has 0 saturated carbocycles. The summed E-state index contributed by atoms with van der Waals surface area (Å²) in [5, 5.41) is 0. The van der Waals surface area contributed by atoms with Crippen LogP contribution in [0.5, 0.6) is 0 Å². The van der Waals surface area contributed by atoms with Crippen LogP contribution in [0.25, 0.3) is 0 Å². The predicted molar refractivity (Wildman–Crippen MR) is 63.1 cm³/mol. The van der Waals surface area contributed by atoms with Crippen molar-refractivity contribution in [2.24, 2.45) is 0 Å². The molecule has 0 aromatic rings. The summed E-state index contributed by atoms with van der Waals surface area (Å²) in [5.74, 6) is -5.07. The fourth-order valence-electron chi connectivity index (χ4n) is 0.356. The Morgan fingerprint density at radius 2 is 1.21 bits per heavy atom. The summed E-state index contributed by atoms with van der Waals surface area (Å²) in [7, 11) is 0. The molecule has 0 spiro atoms. The predicted octanol–water partition coefficient (Wildman–Crippen LogP) is 5.39. The van der Waals surface area contributed by atoms with Gasteiger partial charge in [-0.15, -0.1) is 0 Å². The van der Waals surface area contributed by atoms with Gasteiger partial charge in [-0.2, -0.15) is 22.0 Å². The van der Waals surface area contributed by atoms with E-state index in [0.717, 1.165) is 22.6 Å². The third kappa shape index (κ3) is 2.86. The Hall–Kier alpha value is 2.11. The summed E-state index contributed by atoms with van der Waals surface area (Å²) in [6.07, 6.45) is -5.73. The van der Waals surface area contributed by atoms with Gasteiger partial charge in [0.1, 0.15) is 0 Å². The molecule has 14 heavy (non-hydrogen) atoms. The highest BCUT2D eigenvalue weighted by molar-refractivity contribution is 14.1. The van der Waals surface area contributed by atoms with Crippen LogP contribution in [0.4, 0.5) is 22.0 Å². The molecule has 0 aliphatic heterocycles. The van der Waals surface area contributed by atoms with Crippen LogP contribution in [0, 0.1) is 0 Å². The number of halogens is 10. The first-order chi connectivity index (χ1) is 5.75. The molecular formula is C4Br3ClF5I. The molecular weight excluding hydrogens is 545 g/mol. The molecule has 0 saturated heterocycles. The first kappa shape index (κ1) is 16.1. The van der Waals surface area contributed by atoms with Crippen molar-refractivity contribution in [1.29, 1.82) is 0 Å². The summed E-state index contributed by atoms with van der Waals surface area (Å²) in [4.78, 5) is 0. The van der Waals surface area contributed by atoms with E-state index in [4.69, 9.17) is 11.6 Å². The highest BCUT2D eigenvalue weighted by Gasteiger charge is 2.74. The Labute approximate surface area is 120 Å². The maximum atomic E-state index is 12.8. The lowest BCUT2D eigenvalue weighted by Gasteiger charge is -2.36. The van der Waals surface area contributed by atoms with Gasteiger partial charge in [-0.25, -0.2) is 0 Å². The van der Waals surface area contributed by atoms with E-state index in [1.807, 2.05) is 0 Å². The van der Waals surface area contributed by atoms with Gasteiger partial charge in [0.25, 0.3) is 0 Å². The van der Waals surface area contributed by atoms with Crippen LogP contribution >= 0.6 is 82.0 Å². The zero-order valence-corrected chi connectivity index (χ0v) is 13.5. The van der Waals surface area contributed by atoms with E-state index in [1.54, 1.807) is 0 Å². The summed E-state index contributed by atoms with van der Waals surface area (Å²) >= 11 is 13.6. The molecule has 0 aliphatic rings. The molecule has 0 nitrogen and oxygen atoms in total. The van der Waals surface area contributed by atoms with Crippen LogP contribution in [-0.2, 0) is 0 Å². The van der Waals surface area contributed by atoms with Gasteiger partial charge in [0.15, 0.2) is 2.14 Å². The highest BCUT2D eigenvalue weighted by atomic mass is 127. The summed E-state index contributed by atoms with van der Waals surface area (Å²) in [5.41, 5.74) is 0. The Kier molecular flexibility index (Phi) is 5.08. The van der Waals surface area contributed by atoms with Crippen molar-refractivity contribution >= 4 is 82.0 Å². The first-order valence-corrected chi connectivity index (χ1v) is 6.48. The van der Waals surface area contributed by atoms with Gasteiger partial charge in [-0.1, -0.05) is 82.0 Å². The van der Waals surface area contributed by atoms with Crippen molar-refractivity contribution in [3.05, 3.63) is 0 Å². The second kappa shape index (κ2) is 4.41. The maximum absolute atomic E-state index is 12.8. The second-order valence-corrected chi connectivity index (χ2v) is 11.7. The third-order valence-corrected chi connectivity index (χ3v) is 7.81. The minimum atomic E-state index is -5.73. The van der Waals surface area contributed by atoms with Crippen LogP contribution in [0.2, 0.25) is 0 Å². The molecule has 0 amide bonds. The first-order valence-electron chi connectivity index (χ1n) is 2.64. The van der Waals surface area contributed by atoms with Gasteiger partial charge in [0.2, 0.25) is 2.88 Å². The van der Waals surface area contributed by atoms with Crippen LogP contribution < -0.4 is 0 Å². The SMILES string of the molecule is FC(F)(F)C(F)(F)C(Cl)(I)C(Br)(Br)Br. The number of hydrogen-bond acceptors (Lipinski definition) is 0. The lowest BCUT2D eigenvalue weighted by molar-refractivity contribution is -0.283. The van der Waals surface area contributed by atoms with Gasteiger partial charge in [-0.3, -0.25) is 0 Å². The Morgan fingerprint density at radius 3 is 1.29 bits per heavy atom. The van der Waals surface area contributed by atoms with E-state index < -0.39 is 17.1 Å². The molecule has 0 rings (SSSR count). The molecule has 0 bridgehead atoms. The Bertz CT molecular complexity index is 198. The van der Waals surface area contributed by atoms with Gasteiger partial charge < -0.3 is 0 Å². The molecule has 10 heteroatoms. The monoisotopic (exact) mass is 542 g/mol. The van der Waals surface area contributed by atoms with E-state index in [0.29, 0.717) is 0 Å². The van der Waals surface area contributed by atoms with E-state index in [9.17, 15) is 22.0 Å². The molecule has 0 radical (unpaired) electrons. The summed E-state index contributed by atoms with van der Waals surface area (Å²) in [6.45, 7) is 0. The quantitative estimate of drug-likeness (QED) is 0.236. The van der Waals surface area contributed by atoms with Crippen LogP contribution in [0.15, 0.2) is 0 Å². The van der Waals surface area contributed by atoms with Gasteiger partial charge in [0.05, 0.1) is 0 Å². The Balaban J connectivity index is 5.30. The van der Waals surface area contributed by atoms with Gasteiger partial charge in [0, 0.05) is 0 Å². The fraction of sp³-hybridized carbons (Fsp3) is 1.00. The van der Waals surface area contributed by atoms with Crippen molar-refractivity contribution in [2.45, 2.75) is 17.1 Å². The minimum Gasteiger partial charge on any atom is -0.193 e.